The van der Waals surface area contributed by atoms with Gasteiger partial charge in [-0.1, -0.05) is 0 Å². The molecule has 18 heavy (non-hydrogen) atoms. The fourth-order valence-electron chi connectivity index (χ4n) is 2.39. The first-order valence-electron chi connectivity index (χ1n) is 6.09. The molecule has 0 atom stereocenters. The van der Waals surface area contributed by atoms with Gasteiger partial charge in [-0.3, -0.25) is 0 Å². The average molecular weight is 246 g/mol. The van der Waals surface area contributed by atoms with Crippen LogP contribution in [0.1, 0.15) is 29.6 Å². The van der Waals surface area contributed by atoms with Gasteiger partial charge in [0.15, 0.2) is 11.5 Å². The Morgan fingerprint density at radius 3 is 2.78 bits per heavy atom. The van der Waals surface area contributed by atoms with Crippen molar-refractivity contribution >= 4 is 17.4 Å². The van der Waals surface area contributed by atoms with Crippen molar-refractivity contribution in [3.8, 4) is 0 Å². The molecule has 94 valence electrons. The van der Waals surface area contributed by atoms with Gasteiger partial charge >= 0.3 is 5.97 Å². The highest BCUT2D eigenvalue weighted by Crippen LogP contribution is 2.25. The fourth-order valence-corrected chi connectivity index (χ4v) is 2.39. The van der Waals surface area contributed by atoms with Gasteiger partial charge in [0.25, 0.3) is 0 Å². The van der Waals surface area contributed by atoms with Crippen molar-refractivity contribution in [3.63, 3.8) is 0 Å². The number of aromatic carboxylic acids is 1. The molecule has 0 saturated carbocycles. The molecule has 2 aromatic rings. The quantitative estimate of drug-likeness (QED) is 0.867. The van der Waals surface area contributed by atoms with E-state index in [1.54, 1.807) is 18.5 Å². The molecule has 0 bridgehead atoms. The molecule has 1 aliphatic heterocycles. The Bertz CT molecular complexity index is 587. The highest BCUT2D eigenvalue weighted by molar-refractivity contribution is 6.00. The number of anilines is 1. The summed E-state index contributed by atoms with van der Waals surface area (Å²) >= 11 is 0. The normalized spacial score (nSPS) is 16.1. The molecular weight excluding hydrogens is 232 g/mol. The minimum Gasteiger partial charge on any atom is -0.477 e. The van der Waals surface area contributed by atoms with Gasteiger partial charge < -0.3 is 10.0 Å². The highest BCUT2D eigenvalue weighted by atomic mass is 16.4. The second-order valence-electron chi connectivity index (χ2n) is 4.44. The third kappa shape index (κ3) is 1.70. The van der Waals surface area contributed by atoms with E-state index in [4.69, 9.17) is 0 Å². The van der Waals surface area contributed by atoms with Crippen LogP contribution < -0.4 is 4.90 Å². The van der Waals surface area contributed by atoms with Gasteiger partial charge in [-0.2, -0.15) is 0 Å². The van der Waals surface area contributed by atoms with E-state index >= 15 is 0 Å². The minimum atomic E-state index is -0.968. The Kier molecular flexibility index (Phi) is 2.62. The maximum Gasteiger partial charge on any atom is 0.343 e. The van der Waals surface area contributed by atoms with Crippen molar-refractivity contribution < 1.29 is 9.90 Å². The molecule has 1 fully saturated rings. The van der Waals surface area contributed by atoms with Crippen molar-refractivity contribution in [3.05, 3.63) is 24.0 Å². The average Bonchev–Trinajstić information content (AvgIpc) is 2.79. The van der Waals surface area contributed by atoms with Crippen LogP contribution in [0.25, 0.3) is 5.65 Å². The lowest BCUT2D eigenvalue weighted by molar-refractivity contribution is 0.0699. The van der Waals surface area contributed by atoms with Crippen LogP contribution in [0.15, 0.2) is 18.5 Å². The number of fused-ring (bicyclic) bond motifs is 1. The van der Waals surface area contributed by atoms with Crippen LogP contribution in [0.5, 0.6) is 0 Å². The predicted molar refractivity (Wildman–Crippen MR) is 66.0 cm³/mol. The lowest BCUT2D eigenvalue weighted by atomic mass is 10.1. The summed E-state index contributed by atoms with van der Waals surface area (Å²) in [6.45, 7) is 1.73. The van der Waals surface area contributed by atoms with E-state index in [-0.39, 0.29) is 5.56 Å². The van der Waals surface area contributed by atoms with E-state index in [2.05, 4.69) is 10.1 Å². The Morgan fingerprint density at radius 1 is 1.28 bits per heavy atom. The van der Waals surface area contributed by atoms with Gasteiger partial charge in [-0.05, 0) is 25.3 Å². The van der Waals surface area contributed by atoms with Crippen LogP contribution in [0.2, 0.25) is 0 Å². The molecule has 0 radical (unpaired) electrons. The zero-order chi connectivity index (χ0) is 12.5. The number of hydrogen-bond acceptors (Lipinski definition) is 4. The first-order valence-corrected chi connectivity index (χ1v) is 6.09. The van der Waals surface area contributed by atoms with E-state index in [0.717, 1.165) is 25.9 Å². The molecule has 6 heteroatoms. The molecule has 3 rings (SSSR count). The zero-order valence-corrected chi connectivity index (χ0v) is 9.91. The van der Waals surface area contributed by atoms with Gasteiger partial charge in [-0.15, -0.1) is 5.10 Å². The van der Waals surface area contributed by atoms with E-state index in [9.17, 15) is 9.90 Å². The number of aromatic nitrogens is 3. The lowest BCUT2D eigenvalue weighted by Crippen LogP contribution is -2.31. The Balaban J connectivity index is 2.14. The summed E-state index contributed by atoms with van der Waals surface area (Å²) in [5.41, 5.74) is 0.614. The van der Waals surface area contributed by atoms with Crippen molar-refractivity contribution in [2.75, 3.05) is 18.0 Å². The van der Waals surface area contributed by atoms with Gasteiger partial charge in [0, 0.05) is 25.5 Å². The molecule has 0 unspecified atom stereocenters. The summed E-state index contributed by atoms with van der Waals surface area (Å²) < 4.78 is 1.54. The van der Waals surface area contributed by atoms with E-state index in [0.29, 0.717) is 11.5 Å². The van der Waals surface area contributed by atoms with E-state index < -0.39 is 5.97 Å². The molecule has 6 nitrogen and oxygen atoms in total. The van der Waals surface area contributed by atoms with Gasteiger partial charge in [0.1, 0.15) is 5.56 Å². The highest BCUT2D eigenvalue weighted by Gasteiger charge is 2.25. The Labute approximate surface area is 104 Å². The number of hydrogen-bond donors (Lipinski definition) is 1. The summed E-state index contributed by atoms with van der Waals surface area (Å²) in [5, 5.41) is 13.7. The molecule has 1 aliphatic rings. The number of rotatable bonds is 2. The summed E-state index contributed by atoms with van der Waals surface area (Å²) in [7, 11) is 0. The fraction of sp³-hybridized carbons (Fsp3) is 0.417. The second kappa shape index (κ2) is 4.29. The molecule has 0 aliphatic carbocycles. The molecule has 3 heterocycles. The third-order valence-corrected chi connectivity index (χ3v) is 3.25. The lowest BCUT2D eigenvalue weighted by Gasteiger charge is -2.26. The summed E-state index contributed by atoms with van der Waals surface area (Å²) in [5.74, 6) is -0.426. The molecule has 0 aromatic carbocycles. The van der Waals surface area contributed by atoms with E-state index in [1.807, 2.05) is 4.90 Å². The van der Waals surface area contributed by atoms with Gasteiger partial charge in [0.2, 0.25) is 0 Å². The monoisotopic (exact) mass is 246 g/mol. The molecule has 1 N–H and O–H groups in total. The van der Waals surface area contributed by atoms with Crippen molar-refractivity contribution in [1.29, 1.82) is 0 Å². The largest absolute Gasteiger partial charge is 0.477 e. The number of nitrogens with zero attached hydrogens (tertiary/aromatic N) is 4. The second-order valence-corrected chi connectivity index (χ2v) is 4.44. The molecule has 2 aromatic heterocycles. The van der Waals surface area contributed by atoms with Crippen molar-refractivity contribution in [1.82, 2.24) is 14.6 Å². The van der Waals surface area contributed by atoms with Crippen LogP contribution in [0.3, 0.4) is 0 Å². The maximum absolute atomic E-state index is 11.4. The Hall–Kier alpha value is -2.11. The number of carbonyl (C=O) groups is 1. The SMILES string of the molecule is O=C(O)c1c(N2CCCCC2)nn2cccnc12. The Morgan fingerprint density at radius 2 is 2.06 bits per heavy atom. The molecule has 0 spiro atoms. The van der Waals surface area contributed by atoms with Crippen LogP contribution in [-0.4, -0.2) is 38.8 Å². The zero-order valence-electron chi connectivity index (χ0n) is 9.91. The van der Waals surface area contributed by atoms with Gasteiger partial charge in [0.05, 0.1) is 0 Å². The number of carboxylic acids is 1. The smallest absolute Gasteiger partial charge is 0.343 e. The van der Waals surface area contributed by atoms with E-state index in [1.165, 1.54) is 10.9 Å². The summed E-state index contributed by atoms with van der Waals surface area (Å²) in [6, 6.07) is 1.74. The summed E-state index contributed by atoms with van der Waals surface area (Å²) in [4.78, 5) is 17.6. The molecule has 0 amide bonds. The molecular formula is C12H14N4O2. The standard InChI is InChI=1S/C12H14N4O2/c17-12(18)9-10-13-5-4-8-16(10)14-11(9)15-6-2-1-3-7-15/h4-5,8H,1-3,6-7H2,(H,17,18). The van der Waals surface area contributed by atoms with Crippen molar-refractivity contribution in [2.45, 2.75) is 19.3 Å². The van der Waals surface area contributed by atoms with Crippen LogP contribution >= 0.6 is 0 Å². The maximum atomic E-state index is 11.4. The van der Waals surface area contributed by atoms with Crippen LogP contribution in [0.4, 0.5) is 5.82 Å². The van der Waals surface area contributed by atoms with Crippen molar-refractivity contribution in [2.24, 2.45) is 0 Å². The topological polar surface area (TPSA) is 70.7 Å². The number of carboxylic acid groups (broad SMARTS) is 1. The molecule has 1 saturated heterocycles. The number of piperidine rings is 1. The van der Waals surface area contributed by atoms with Gasteiger partial charge in [-0.25, -0.2) is 14.3 Å². The predicted octanol–water partition coefficient (Wildman–Crippen LogP) is 1.42. The first-order chi connectivity index (χ1) is 8.77. The third-order valence-electron chi connectivity index (χ3n) is 3.25. The minimum absolute atomic E-state index is 0.206. The summed E-state index contributed by atoms with van der Waals surface area (Å²) in [6.07, 6.45) is 6.68. The first kappa shape index (κ1) is 11.0. The van der Waals surface area contributed by atoms with Crippen LogP contribution in [0, 0.1) is 0 Å². The van der Waals surface area contributed by atoms with Crippen LogP contribution in [-0.2, 0) is 0 Å².